The first-order chi connectivity index (χ1) is 8.11. The highest BCUT2D eigenvalue weighted by molar-refractivity contribution is 5.70. The summed E-state index contributed by atoms with van der Waals surface area (Å²) in [4.78, 5) is 10.8. The third kappa shape index (κ3) is 8.70. The fourth-order valence-corrected chi connectivity index (χ4v) is 1.89. The Hall–Kier alpha value is -1.08. The van der Waals surface area contributed by atoms with Crippen LogP contribution in [0.25, 0.3) is 0 Å². The molecule has 0 radical (unpaired) electrons. The van der Waals surface area contributed by atoms with Crippen molar-refractivity contribution in [2.75, 3.05) is 6.61 Å². The Balaban J connectivity index is 3.61. The number of aliphatic carboxylic acids is 1. The molecule has 0 aromatic carbocycles. The van der Waals surface area contributed by atoms with Crippen molar-refractivity contribution in [3.8, 4) is 6.07 Å². The number of carboxylic acid groups (broad SMARTS) is 1. The summed E-state index contributed by atoms with van der Waals surface area (Å²) in [6.45, 7) is 2.40. The molecule has 0 saturated heterocycles. The lowest BCUT2D eigenvalue weighted by Crippen LogP contribution is -2.12. The molecule has 0 aromatic heterocycles. The highest BCUT2D eigenvalue weighted by Gasteiger charge is 2.16. The number of unbranched alkanes of at least 4 members (excludes halogenated alkanes) is 1. The Bertz CT molecular complexity index is 248. The van der Waals surface area contributed by atoms with Crippen LogP contribution in [0.3, 0.4) is 0 Å². The molecule has 4 heteroatoms. The molecule has 0 heterocycles. The Kier molecular flexibility index (Phi) is 9.46. The van der Waals surface area contributed by atoms with Gasteiger partial charge in [-0.3, -0.25) is 4.79 Å². The summed E-state index contributed by atoms with van der Waals surface area (Å²) >= 11 is 0. The first-order valence-electron chi connectivity index (χ1n) is 6.32. The normalized spacial score (nSPS) is 13.9. The van der Waals surface area contributed by atoms with Gasteiger partial charge in [0.25, 0.3) is 0 Å². The van der Waals surface area contributed by atoms with Gasteiger partial charge in [-0.2, -0.15) is 5.26 Å². The van der Waals surface area contributed by atoms with E-state index < -0.39 is 11.9 Å². The molecule has 0 aliphatic rings. The minimum atomic E-state index is -0.861. The van der Waals surface area contributed by atoms with Gasteiger partial charge in [-0.25, -0.2) is 0 Å². The number of aliphatic hydroxyl groups is 1. The van der Waals surface area contributed by atoms with Crippen molar-refractivity contribution in [3.63, 3.8) is 0 Å². The molecular formula is C13H23NO3. The zero-order chi connectivity index (χ0) is 13.1. The monoisotopic (exact) mass is 241 g/mol. The van der Waals surface area contributed by atoms with Crippen LogP contribution in [0.4, 0.5) is 0 Å². The largest absolute Gasteiger partial charge is 0.481 e. The lowest BCUT2D eigenvalue weighted by molar-refractivity contribution is -0.141. The zero-order valence-electron chi connectivity index (χ0n) is 10.6. The molecule has 0 amide bonds. The van der Waals surface area contributed by atoms with Crippen LogP contribution in [0, 0.1) is 23.2 Å². The summed E-state index contributed by atoms with van der Waals surface area (Å²) in [5.41, 5.74) is 0. The van der Waals surface area contributed by atoms with E-state index in [0.717, 1.165) is 32.1 Å². The van der Waals surface area contributed by atoms with E-state index in [-0.39, 0.29) is 13.0 Å². The lowest BCUT2D eigenvalue weighted by atomic mass is 9.94. The SMILES string of the molecule is CC(CCCO)CCCCC(CC#N)C(=O)O. The quantitative estimate of drug-likeness (QED) is 0.576. The molecule has 0 fully saturated rings. The van der Waals surface area contributed by atoms with Crippen molar-refractivity contribution < 1.29 is 15.0 Å². The van der Waals surface area contributed by atoms with Crippen LogP contribution in [-0.4, -0.2) is 22.8 Å². The Morgan fingerprint density at radius 2 is 1.82 bits per heavy atom. The highest BCUT2D eigenvalue weighted by atomic mass is 16.4. The maximum atomic E-state index is 10.8. The van der Waals surface area contributed by atoms with Gasteiger partial charge < -0.3 is 10.2 Å². The minimum Gasteiger partial charge on any atom is -0.481 e. The van der Waals surface area contributed by atoms with E-state index >= 15 is 0 Å². The molecule has 2 atom stereocenters. The van der Waals surface area contributed by atoms with Crippen LogP contribution in [0.5, 0.6) is 0 Å². The molecule has 17 heavy (non-hydrogen) atoms. The van der Waals surface area contributed by atoms with E-state index in [2.05, 4.69) is 6.92 Å². The number of rotatable bonds is 10. The molecule has 0 spiro atoms. The Labute approximate surface area is 103 Å². The minimum absolute atomic E-state index is 0.107. The first kappa shape index (κ1) is 15.9. The van der Waals surface area contributed by atoms with Gasteiger partial charge in [0.2, 0.25) is 0 Å². The van der Waals surface area contributed by atoms with Crippen molar-refractivity contribution in [3.05, 3.63) is 0 Å². The summed E-state index contributed by atoms with van der Waals surface area (Å²) in [6.07, 6.45) is 5.50. The smallest absolute Gasteiger partial charge is 0.307 e. The molecule has 0 saturated carbocycles. The number of hydrogen-bond donors (Lipinski definition) is 2. The van der Waals surface area contributed by atoms with Gasteiger partial charge in [-0.15, -0.1) is 0 Å². The topological polar surface area (TPSA) is 81.3 Å². The third-order valence-electron chi connectivity index (χ3n) is 3.04. The second kappa shape index (κ2) is 10.1. The molecule has 0 bridgehead atoms. The van der Waals surface area contributed by atoms with Gasteiger partial charge >= 0.3 is 5.97 Å². The summed E-state index contributed by atoms with van der Waals surface area (Å²) in [7, 11) is 0. The predicted molar refractivity (Wildman–Crippen MR) is 65.3 cm³/mol. The van der Waals surface area contributed by atoms with Gasteiger partial charge in [-0.1, -0.05) is 26.2 Å². The second-order valence-corrected chi connectivity index (χ2v) is 4.65. The summed E-state index contributed by atoms with van der Waals surface area (Å²) in [5, 5.41) is 26.0. The maximum absolute atomic E-state index is 10.8. The maximum Gasteiger partial charge on any atom is 0.307 e. The second-order valence-electron chi connectivity index (χ2n) is 4.65. The van der Waals surface area contributed by atoms with E-state index in [9.17, 15) is 4.79 Å². The number of carboxylic acids is 1. The average Bonchev–Trinajstić information content (AvgIpc) is 2.30. The predicted octanol–water partition coefficient (Wildman–Crippen LogP) is 2.57. The third-order valence-corrected chi connectivity index (χ3v) is 3.04. The number of aliphatic hydroxyl groups excluding tert-OH is 1. The van der Waals surface area contributed by atoms with E-state index in [1.807, 2.05) is 6.07 Å². The molecule has 0 aliphatic heterocycles. The van der Waals surface area contributed by atoms with Crippen LogP contribution in [0.1, 0.15) is 51.9 Å². The fraction of sp³-hybridized carbons (Fsp3) is 0.846. The summed E-state index contributed by atoms with van der Waals surface area (Å²) in [6, 6.07) is 1.92. The molecule has 2 N–H and O–H groups in total. The van der Waals surface area contributed by atoms with Crippen LogP contribution in [-0.2, 0) is 4.79 Å². The van der Waals surface area contributed by atoms with E-state index in [1.54, 1.807) is 0 Å². The standard InChI is InChI=1S/C13H23NO3/c1-11(6-4-10-15)5-2-3-7-12(8-9-14)13(16)17/h11-12,15H,2-8,10H2,1H3,(H,16,17). The van der Waals surface area contributed by atoms with E-state index in [4.69, 9.17) is 15.5 Å². The van der Waals surface area contributed by atoms with Gasteiger partial charge in [0.15, 0.2) is 0 Å². The summed E-state index contributed by atoms with van der Waals surface area (Å²) < 4.78 is 0. The van der Waals surface area contributed by atoms with Gasteiger partial charge in [-0.05, 0) is 25.2 Å². The van der Waals surface area contributed by atoms with Crippen LogP contribution in [0.15, 0.2) is 0 Å². The first-order valence-corrected chi connectivity index (χ1v) is 6.32. The van der Waals surface area contributed by atoms with Crippen molar-refractivity contribution in [1.29, 1.82) is 5.26 Å². The molecule has 4 nitrogen and oxygen atoms in total. The van der Waals surface area contributed by atoms with Gasteiger partial charge in [0.1, 0.15) is 0 Å². The van der Waals surface area contributed by atoms with Crippen molar-refractivity contribution in [1.82, 2.24) is 0 Å². The van der Waals surface area contributed by atoms with Crippen molar-refractivity contribution >= 4 is 5.97 Å². The molecule has 0 aromatic rings. The fourth-order valence-electron chi connectivity index (χ4n) is 1.89. The average molecular weight is 241 g/mol. The highest BCUT2D eigenvalue weighted by Crippen LogP contribution is 2.18. The Morgan fingerprint density at radius 3 is 2.35 bits per heavy atom. The van der Waals surface area contributed by atoms with Crippen LogP contribution >= 0.6 is 0 Å². The number of carbonyl (C=O) groups is 1. The molecule has 0 rings (SSSR count). The summed E-state index contributed by atoms with van der Waals surface area (Å²) in [5.74, 6) is -0.783. The van der Waals surface area contributed by atoms with E-state index in [1.165, 1.54) is 0 Å². The molecular weight excluding hydrogens is 218 g/mol. The van der Waals surface area contributed by atoms with Crippen LogP contribution < -0.4 is 0 Å². The Morgan fingerprint density at radius 1 is 1.24 bits per heavy atom. The number of nitrogens with zero attached hydrogens (tertiary/aromatic N) is 1. The lowest BCUT2D eigenvalue weighted by Gasteiger charge is -2.11. The number of nitriles is 1. The molecule has 98 valence electrons. The number of hydrogen-bond acceptors (Lipinski definition) is 3. The zero-order valence-corrected chi connectivity index (χ0v) is 10.6. The van der Waals surface area contributed by atoms with E-state index in [0.29, 0.717) is 12.3 Å². The molecule has 0 aliphatic carbocycles. The van der Waals surface area contributed by atoms with Gasteiger partial charge in [0.05, 0.1) is 12.0 Å². The van der Waals surface area contributed by atoms with Gasteiger partial charge in [0, 0.05) is 13.0 Å². The van der Waals surface area contributed by atoms with Crippen molar-refractivity contribution in [2.45, 2.75) is 51.9 Å². The van der Waals surface area contributed by atoms with Crippen molar-refractivity contribution in [2.24, 2.45) is 11.8 Å². The van der Waals surface area contributed by atoms with Crippen LogP contribution in [0.2, 0.25) is 0 Å². The molecule has 2 unspecified atom stereocenters.